The van der Waals surface area contributed by atoms with E-state index in [0.717, 1.165) is 40.9 Å². The molecule has 0 saturated carbocycles. The first-order chi connectivity index (χ1) is 16.9. The van der Waals surface area contributed by atoms with Crippen LogP contribution in [0.5, 0.6) is 0 Å². The van der Waals surface area contributed by atoms with E-state index in [9.17, 15) is 4.79 Å². The van der Waals surface area contributed by atoms with Gasteiger partial charge in [-0.1, -0.05) is 73.5 Å². The van der Waals surface area contributed by atoms with Crippen molar-refractivity contribution in [3.63, 3.8) is 0 Å². The Morgan fingerprint density at radius 1 is 1.23 bits per heavy atom. The molecule has 186 valence electrons. The number of methoxy groups -OCH3 is 1. The molecule has 0 bridgehead atoms. The van der Waals surface area contributed by atoms with Gasteiger partial charge in [0.1, 0.15) is 5.82 Å². The Kier molecular flexibility index (Phi) is 9.25. The summed E-state index contributed by atoms with van der Waals surface area (Å²) >= 11 is 6.39. The van der Waals surface area contributed by atoms with Crippen LogP contribution in [0.15, 0.2) is 53.6 Å². The third kappa shape index (κ3) is 6.19. The predicted octanol–water partition coefficient (Wildman–Crippen LogP) is 3.83. The van der Waals surface area contributed by atoms with Gasteiger partial charge in [-0.05, 0) is 30.0 Å². The molecule has 3 rings (SSSR count). The summed E-state index contributed by atoms with van der Waals surface area (Å²) < 4.78 is 12.2. The second-order valence-electron chi connectivity index (χ2n) is 7.93. The van der Waals surface area contributed by atoms with Crippen molar-refractivity contribution in [3.8, 4) is 11.1 Å². The maximum atomic E-state index is 12.8. The Morgan fingerprint density at radius 2 is 1.94 bits per heavy atom. The number of nitrogens with one attached hydrogen (secondary N) is 1. The molecule has 0 aliphatic heterocycles. The predicted molar refractivity (Wildman–Crippen MR) is 137 cm³/mol. The molecule has 1 aromatic heterocycles. The molecule has 35 heavy (non-hydrogen) atoms. The summed E-state index contributed by atoms with van der Waals surface area (Å²) in [7, 11) is 1.47. The molecule has 0 aliphatic rings. The number of esters is 1. The van der Waals surface area contributed by atoms with E-state index in [1.165, 1.54) is 7.11 Å². The quantitative estimate of drug-likeness (QED) is 0.0966. The van der Waals surface area contributed by atoms with Crippen molar-refractivity contribution < 1.29 is 14.3 Å². The zero-order valence-electron chi connectivity index (χ0n) is 20.1. The summed E-state index contributed by atoms with van der Waals surface area (Å²) in [6.07, 6.45) is 1.91. The normalized spacial score (nSPS) is 12.4. The third-order valence-electron chi connectivity index (χ3n) is 5.61. The lowest BCUT2D eigenvalue weighted by Crippen LogP contribution is -2.32. The fraction of sp³-hybridized carbons (Fsp3) is 0.320. The molecule has 1 unspecified atom stereocenters. The van der Waals surface area contributed by atoms with Crippen molar-refractivity contribution in [2.24, 2.45) is 16.8 Å². The molecule has 5 N–H and O–H groups in total. The minimum absolute atomic E-state index is 0.123. The van der Waals surface area contributed by atoms with Crippen molar-refractivity contribution >= 4 is 23.4 Å². The van der Waals surface area contributed by atoms with Crippen LogP contribution in [0.25, 0.3) is 11.1 Å². The van der Waals surface area contributed by atoms with Crippen LogP contribution in [0.3, 0.4) is 0 Å². The number of halogens is 1. The monoisotopic (exact) mass is 498 g/mol. The highest BCUT2D eigenvalue weighted by molar-refractivity contribution is 6.32. The first kappa shape index (κ1) is 26.2. The van der Waals surface area contributed by atoms with E-state index in [1.807, 2.05) is 53.1 Å². The van der Waals surface area contributed by atoms with Crippen molar-refractivity contribution in [1.82, 2.24) is 15.0 Å². The van der Waals surface area contributed by atoms with Crippen LogP contribution in [0.4, 0.5) is 0 Å². The standard InChI is InChI=1S/C25H31ClN6O3/c1-4-5-10-21-29-23(26)22(25(33)35-16(2)34-3)32(21)15-17-11-13-18(14-12-17)19-8-6-7-9-20(19)24(30-27)31-28/h6-9,11-14,16H,4-5,10,15,27-28H2,1-3H3,(H,30,31). The summed E-state index contributed by atoms with van der Waals surface area (Å²) in [4.78, 5) is 17.3. The fourth-order valence-corrected chi connectivity index (χ4v) is 3.99. The third-order valence-corrected chi connectivity index (χ3v) is 5.87. The lowest BCUT2D eigenvalue weighted by Gasteiger charge is -2.15. The number of hydrogen-bond acceptors (Lipinski definition) is 7. The number of aryl methyl sites for hydroxylation is 1. The number of benzene rings is 2. The van der Waals surface area contributed by atoms with Gasteiger partial charge in [-0.25, -0.2) is 15.6 Å². The summed E-state index contributed by atoms with van der Waals surface area (Å²) in [5.74, 6) is 11.6. The summed E-state index contributed by atoms with van der Waals surface area (Å²) in [6, 6.07) is 15.7. The van der Waals surface area contributed by atoms with Crippen LogP contribution in [-0.4, -0.2) is 34.8 Å². The SMILES string of the molecule is CCCCc1nc(Cl)c(C(=O)OC(C)OC)n1Cc1ccc(-c2ccccc2C(=NN)NN)cc1. The molecule has 1 heterocycles. The zero-order valence-corrected chi connectivity index (χ0v) is 20.9. The van der Waals surface area contributed by atoms with Gasteiger partial charge in [0.2, 0.25) is 0 Å². The van der Waals surface area contributed by atoms with Crippen LogP contribution < -0.4 is 17.1 Å². The van der Waals surface area contributed by atoms with Crippen LogP contribution in [0.2, 0.25) is 5.15 Å². The zero-order chi connectivity index (χ0) is 25.4. The lowest BCUT2D eigenvalue weighted by molar-refractivity contribution is -0.0778. The molecule has 9 nitrogen and oxygen atoms in total. The van der Waals surface area contributed by atoms with Crippen molar-refractivity contribution in [2.75, 3.05) is 7.11 Å². The van der Waals surface area contributed by atoms with E-state index in [0.29, 0.717) is 18.8 Å². The minimum atomic E-state index is -0.703. The number of carbonyl (C=O) groups is 1. The molecule has 2 aromatic carbocycles. The molecule has 1 atom stereocenters. The number of hydrazine groups is 1. The minimum Gasteiger partial charge on any atom is -0.431 e. The summed E-state index contributed by atoms with van der Waals surface area (Å²) in [5.41, 5.74) is 6.39. The molecule has 0 radical (unpaired) electrons. The van der Waals surface area contributed by atoms with Crippen LogP contribution in [0.1, 0.15) is 54.1 Å². The van der Waals surface area contributed by atoms with Gasteiger partial charge < -0.3 is 25.3 Å². The van der Waals surface area contributed by atoms with Crippen LogP contribution in [-0.2, 0) is 22.4 Å². The van der Waals surface area contributed by atoms with Crippen molar-refractivity contribution in [1.29, 1.82) is 0 Å². The Morgan fingerprint density at radius 3 is 2.57 bits per heavy atom. The van der Waals surface area contributed by atoms with Gasteiger partial charge in [-0.3, -0.25) is 0 Å². The first-order valence-corrected chi connectivity index (χ1v) is 11.7. The fourth-order valence-electron chi connectivity index (χ4n) is 3.71. The van der Waals surface area contributed by atoms with Gasteiger partial charge in [0.05, 0.1) is 0 Å². The topological polar surface area (TPSA) is 130 Å². The van der Waals surface area contributed by atoms with Gasteiger partial charge >= 0.3 is 5.97 Å². The number of nitrogens with zero attached hydrogens (tertiary/aromatic N) is 3. The van der Waals surface area contributed by atoms with E-state index >= 15 is 0 Å². The number of carbonyl (C=O) groups excluding carboxylic acids is 1. The number of aromatic nitrogens is 2. The van der Waals surface area contributed by atoms with E-state index in [1.54, 1.807) is 6.92 Å². The molecule has 3 aromatic rings. The Labute approximate surface area is 210 Å². The summed E-state index contributed by atoms with van der Waals surface area (Å²) in [6.45, 7) is 4.15. The van der Waals surface area contributed by atoms with Crippen molar-refractivity contribution in [2.45, 2.75) is 45.9 Å². The molecule has 0 amide bonds. The largest absolute Gasteiger partial charge is 0.431 e. The number of hydrazone groups is 1. The van der Waals surface area contributed by atoms with E-state index < -0.39 is 12.3 Å². The highest BCUT2D eigenvalue weighted by Gasteiger charge is 2.25. The Bertz CT molecular complexity index is 1180. The Hall–Kier alpha value is -3.40. The molecule has 0 aliphatic carbocycles. The number of imidazole rings is 1. The van der Waals surface area contributed by atoms with Gasteiger partial charge in [0.15, 0.2) is 23.0 Å². The van der Waals surface area contributed by atoms with E-state index in [2.05, 4.69) is 22.4 Å². The average molecular weight is 499 g/mol. The van der Waals surface area contributed by atoms with E-state index in [-0.39, 0.29) is 10.8 Å². The Balaban J connectivity index is 1.94. The first-order valence-electron chi connectivity index (χ1n) is 11.3. The van der Waals surface area contributed by atoms with Crippen molar-refractivity contribution in [3.05, 3.63) is 76.3 Å². The number of unbranched alkanes of at least 4 members (excludes halogenated alkanes) is 1. The number of ether oxygens (including phenoxy) is 2. The molecule has 0 saturated heterocycles. The highest BCUT2D eigenvalue weighted by Crippen LogP contribution is 2.26. The second kappa shape index (κ2) is 12.3. The maximum Gasteiger partial charge on any atom is 0.360 e. The number of nitrogens with two attached hydrogens (primary N) is 2. The lowest BCUT2D eigenvalue weighted by atomic mass is 9.98. The number of amidine groups is 1. The average Bonchev–Trinajstić information content (AvgIpc) is 3.18. The van der Waals surface area contributed by atoms with Gasteiger partial charge in [0.25, 0.3) is 0 Å². The molecule has 0 fully saturated rings. The van der Waals surface area contributed by atoms with Gasteiger partial charge in [0, 0.05) is 25.6 Å². The van der Waals surface area contributed by atoms with Gasteiger partial charge in [-0.2, -0.15) is 5.10 Å². The van der Waals surface area contributed by atoms with Crippen LogP contribution >= 0.6 is 11.6 Å². The molecule has 10 heteroatoms. The number of rotatable bonds is 10. The second-order valence-corrected chi connectivity index (χ2v) is 8.29. The number of hydrogen-bond donors (Lipinski definition) is 3. The molecule has 0 spiro atoms. The smallest absolute Gasteiger partial charge is 0.360 e. The highest BCUT2D eigenvalue weighted by atomic mass is 35.5. The summed E-state index contributed by atoms with van der Waals surface area (Å²) in [5, 5.41) is 3.85. The van der Waals surface area contributed by atoms with Gasteiger partial charge in [-0.15, -0.1) is 0 Å². The van der Waals surface area contributed by atoms with Crippen LogP contribution in [0, 0.1) is 0 Å². The van der Waals surface area contributed by atoms with E-state index in [4.69, 9.17) is 32.8 Å². The molecular formula is C25H31ClN6O3. The molecular weight excluding hydrogens is 468 g/mol. The maximum absolute atomic E-state index is 12.8.